The molecular formula is C11H11NO4. The molecule has 1 aromatic rings. The van der Waals surface area contributed by atoms with Gasteiger partial charge in [0.1, 0.15) is 18.4 Å². The van der Waals surface area contributed by atoms with Gasteiger partial charge in [0.2, 0.25) is 0 Å². The topological polar surface area (TPSA) is 68.1 Å². The smallest absolute Gasteiger partial charge is 0.391 e. The minimum atomic E-state index is -1.13. The number of hydrogen-bond acceptors (Lipinski definition) is 4. The molecule has 1 unspecified atom stereocenters. The van der Waals surface area contributed by atoms with Gasteiger partial charge in [-0.3, -0.25) is 0 Å². The molecule has 0 aromatic heterocycles. The Morgan fingerprint density at radius 2 is 2.19 bits per heavy atom. The van der Waals surface area contributed by atoms with Crippen molar-refractivity contribution >= 4 is 11.9 Å². The van der Waals surface area contributed by atoms with Gasteiger partial charge in [-0.15, -0.1) is 0 Å². The third kappa shape index (κ3) is 1.98. The summed E-state index contributed by atoms with van der Waals surface area (Å²) >= 11 is 0. The summed E-state index contributed by atoms with van der Waals surface area (Å²) in [6.07, 6.45) is 0. The largest absolute Gasteiger partial charge is 0.497 e. The zero-order valence-electron chi connectivity index (χ0n) is 8.71. The second kappa shape index (κ2) is 4.22. The van der Waals surface area contributed by atoms with Crippen LogP contribution in [0.15, 0.2) is 29.3 Å². The van der Waals surface area contributed by atoms with E-state index in [0.29, 0.717) is 0 Å². The van der Waals surface area contributed by atoms with Crippen molar-refractivity contribution in [1.82, 2.24) is 0 Å². The lowest BCUT2D eigenvalue weighted by Crippen LogP contribution is -2.12. The Bertz CT molecular complexity index is 424. The van der Waals surface area contributed by atoms with Gasteiger partial charge in [-0.05, 0) is 17.7 Å². The number of carbonyl (C=O) groups is 1. The number of methoxy groups -OCH3 is 1. The van der Waals surface area contributed by atoms with Crippen LogP contribution in [0, 0.1) is 0 Å². The van der Waals surface area contributed by atoms with Crippen molar-refractivity contribution < 1.29 is 19.4 Å². The molecule has 0 spiro atoms. The summed E-state index contributed by atoms with van der Waals surface area (Å²) in [5.74, 6) is -0.595. The third-order valence-electron chi connectivity index (χ3n) is 2.33. The molecule has 0 amide bonds. The van der Waals surface area contributed by atoms with Crippen molar-refractivity contribution in [3.05, 3.63) is 29.8 Å². The van der Waals surface area contributed by atoms with Crippen LogP contribution in [0.3, 0.4) is 0 Å². The first-order valence-electron chi connectivity index (χ1n) is 4.78. The van der Waals surface area contributed by atoms with E-state index in [-0.39, 0.29) is 18.5 Å². The number of rotatable bonds is 3. The third-order valence-corrected chi connectivity index (χ3v) is 2.33. The molecule has 1 heterocycles. The second-order valence-electron chi connectivity index (χ2n) is 3.34. The molecule has 5 nitrogen and oxygen atoms in total. The van der Waals surface area contributed by atoms with Crippen LogP contribution < -0.4 is 4.74 Å². The molecule has 0 radical (unpaired) electrons. The van der Waals surface area contributed by atoms with Gasteiger partial charge < -0.3 is 14.6 Å². The maximum atomic E-state index is 10.6. The molecule has 0 bridgehead atoms. The van der Waals surface area contributed by atoms with E-state index >= 15 is 0 Å². The molecule has 1 aliphatic heterocycles. The molecule has 2 rings (SSSR count). The number of benzene rings is 1. The van der Waals surface area contributed by atoms with Gasteiger partial charge in [0.15, 0.2) is 0 Å². The second-order valence-corrected chi connectivity index (χ2v) is 3.34. The van der Waals surface area contributed by atoms with E-state index in [1.807, 2.05) is 24.3 Å². The van der Waals surface area contributed by atoms with E-state index in [2.05, 4.69) is 4.99 Å². The Hall–Kier alpha value is -2.04. The molecular weight excluding hydrogens is 210 g/mol. The summed E-state index contributed by atoms with van der Waals surface area (Å²) in [6, 6.07) is 7.08. The zero-order chi connectivity index (χ0) is 11.5. The zero-order valence-corrected chi connectivity index (χ0v) is 8.71. The first-order valence-corrected chi connectivity index (χ1v) is 4.78. The Kier molecular flexibility index (Phi) is 2.76. The van der Waals surface area contributed by atoms with E-state index < -0.39 is 5.97 Å². The first kappa shape index (κ1) is 10.5. The Morgan fingerprint density at radius 1 is 1.50 bits per heavy atom. The fourth-order valence-electron chi connectivity index (χ4n) is 1.49. The highest BCUT2D eigenvalue weighted by atomic mass is 16.5. The number of ether oxygens (including phenoxy) is 2. The van der Waals surface area contributed by atoms with Gasteiger partial charge in [-0.2, -0.15) is 0 Å². The van der Waals surface area contributed by atoms with Crippen molar-refractivity contribution in [2.24, 2.45) is 4.99 Å². The Morgan fingerprint density at radius 3 is 2.69 bits per heavy atom. The number of carboxylic acid groups (broad SMARTS) is 1. The Labute approximate surface area is 92.3 Å². The van der Waals surface area contributed by atoms with Gasteiger partial charge >= 0.3 is 5.97 Å². The minimum Gasteiger partial charge on any atom is -0.497 e. The van der Waals surface area contributed by atoms with Crippen LogP contribution in [0.4, 0.5) is 0 Å². The van der Waals surface area contributed by atoms with E-state index in [9.17, 15) is 4.79 Å². The molecule has 1 N–H and O–H groups in total. The maximum Gasteiger partial charge on any atom is 0.391 e. The molecule has 1 aliphatic rings. The van der Waals surface area contributed by atoms with Crippen LogP contribution in [0.1, 0.15) is 11.6 Å². The number of aliphatic imine (C=N–C) groups is 1. The van der Waals surface area contributed by atoms with Crippen LogP contribution >= 0.6 is 0 Å². The van der Waals surface area contributed by atoms with Gasteiger partial charge in [0, 0.05) is 0 Å². The monoisotopic (exact) mass is 221 g/mol. The van der Waals surface area contributed by atoms with Gasteiger partial charge in [0.25, 0.3) is 5.90 Å². The molecule has 1 atom stereocenters. The fourth-order valence-corrected chi connectivity index (χ4v) is 1.49. The SMILES string of the molecule is COc1ccc(C2COC(C(=O)O)=N2)cc1. The van der Waals surface area contributed by atoms with E-state index in [1.54, 1.807) is 7.11 Å². The molecule has 0 aliphatic carbocycles. The molecule has 84 valence electrons. The van der Waals surface area contributed by atoms with E-state index in [4.69, 9.17) is 14.6 Å². The summed E-state index contributed by atoms with van der Waals surface area (Å²) < 4.78 is 9.99. The van der Waals surface area contributed by atoms with Gasteiger partial charge in [-0.25, -0.2) is 9.79 Å². The summed E-state index contributed by atoms with van der Waals surface area (Å²) in [7, 11) is 1.59. The highest BCUT2D eigenvalue weighted by Gasteiger charge is 2.24. The normalized spacial score (nSPS) is 18.8. The summed E-state index contributed by atoms with van der Waals surface area (Å²) in [6.45, 7) is 0.272. The summed E-state index contributed by atoms with van der Waals surface area (Å²) in [4.78, 5) is 14.6. The minimum absolute atomic E-state index is 0.221. The highest BCUT2D eigenvalue weighted by molar-refractivity contribution is 6.32. The quantitative estimate of drug-likeness (QED) is 0.834. The van der Waals surface area contributed by atoms with Crippen LogP contribution in [0.2, 0.25) is 0 Å². The molecule has 16 heavy (non-hydrogen) atoms. The van der Waals surface area contributed by atoms with E-state index in [0.717, 1.165) is 11.3 Å². The number of aliphatic carboxylic acids is 1. The number of hydrogen-bond donors (Lipinski definition) is 1. The predicted octanol–water partition coefficient (Wildman–Crippen LogP) is 1.25. The lowest BCUT2D eigenvalue weighted by Gasteiger charge is -2.06. The van der Waals surface area contributed by atoms with Gasteiger partial charge in [0.05, 0.1) is 7.11 Å². The lowest BCUT2D eigenvalue weighted by atomic mass is 10.1. The van der Waals surface area contributed by atoms with E-state index in [1.165, 1.54) is 0 Å². The first-order chi connectivity index (χ1) is 7.70. The molecule has 0 saturated heterocycles. The van der Waals surface area contributed by atoms with Crippen molar-refractivity contribution in [2.45, 2.75) is 6.04 Å². The van der Waals surface area contributed by atoms with Crippen molar-refractivity contribution in [1.29, 1.82) is 0 Å². The van der Waals surface area contributed by atoms with Gasteiger partial charge in [-0.1, -0.05) is 12.1 Å². The van der Waals surface area contributed by atoms with Crippen molar-refractivity contribution in [3.8, 4) is 5.75 Å². The highest BCUT2D eigenvalue weighted by Crippen LogP contribution is 2.24. The standard InChI is InChI=1S/C11H11NO4/c1-15-8-4-2-7(3-5-8)9-6-16-10(12-9)11(13)14/h2-5,9H,6H2,1H3,(H,13,14). The summed E-state index contributed by atoms with van der Waals surface area (Å²) in [5.41, 5.74) is 0.914. The Balaban J connectivity index is 2.17. The molecule has 5 heteroatoms. The van der Waals surface area contributed by atoms with Crippen LogP contribution in [-0.4, -0.2) is 30.7 Å². The van der Waals surface area contributed by atoms with Crippen molar-refractivity contribution in [3.63, 3.8) is 0 Å². The van der Waals surface area contributed by atoms with Crippen LogP contribution in [-0.2, 0) is 9.53 Å². The predicted molar refractivity (Wildman–Crippen MR) is 56.8 cm³/mol. The number of nitrogens with zero attached hydrogens (tertiary/aromatic N) is 1. The average Bonchev–Trinajstić information content (AvgIpc) is 2.78. The van der Waals surface area contributed by atoms with Crippen molar-refractivity contribution in [2.75, 3.05) is 13.7 Å². The fraction of sp³-hybridized carbons (Fsp3) is 0.273. The van der Waals surface area contributed by atoms with Crippen LogP contribution in [0.25, 0.3) is 0 Å². The number of carboxylic acids is 1. The maximum absolute atomic E-state index is 10.6. The average molecular weight is 221 g/mol. The summed E-state index contributed by atoms with van der Waals surface area (Å²) in [5, 5.41) is 8.68. The molecule has 0 fully saturated rings. The lowest BCUT2D eigenvalue weighted by molar-refractivity contribution is -0.130. The molecule has 0 saturated carbocycles. The molecule has 1 aromatic carbocycles. The van der Waals surface area contributed by atoms with Crippen LogP contribution in [0.5, 0.6) is 5.75 Å².